The molecule has 4 unspecified atom stereocenters. The quantitative estimate of drug-likeness (QED) is 0.404. The number of hydrogen-bond donors (Lipinski definition) is 2. The van der Waals surface area contributed by atoms with Crippen molar-refractivity contribution in [1.29, 1.82) is 0 Å². The number of carbonyl (C=O) groups is 1. The molecule has 4 nitrogen and oxygen atoms in total. The van der Waals surface area contributed by atoms with E-state index in [2.05, 4.69) is 11.3 Å². The fourth-order valence-corrected chi connectivity index (χ4v) is 3.37. The molecule has 0 amide bonds. The van der Waals surface area contributed by atoms with Crippen LogP contribution in [0.4, 0.5) is 48.3 Å². The molecular formula is C13H9F11O4. The zero-order chi connectivity index (χ0) is 22.4. The van der Waals surface area contributed by atoms with Gasteiger partial charge in [0.25, 0.3) is 22.7 Å². The Morgan fingerprint density at radius 3 is 1.75 bits per heavy atom. The van der Waals surface area contributed by atoms with Gasteiger partial charge in [-0.05, 0) is 0 Å². The van der Waals surface area contributed by atoms with Crippen molar-refractivity contribution < 1.29 is 68.0 Å². The van der Waals surface area contributed by atoms with E-state index in [0.29, 0.717) is 0 Å². The summed E-state index contributed by atoms with van der Waals surface area (Å²) in [6.07, 6.45) is -3.61. The Morgan fingerprint density at radius 2 is 1.36 bits per heavy atom. The summed E-state index contributed by atoms with van der Waals surface area (Å²) in [6, 6.07) is 0. The summed E-state index contributed by atoms with van der Waals surface area (Å²) in [6.45, 7) is -1.11. The Kier molecular flexibility index (Phi) is 4.27. The van der Waals surface area contributed by atoms with Crippen LogP contribution in [0.5, 0.6) is 0 Å². The predicted molar refractivity (Wildman–Crippen MR) is 64.2 cm³/mol. The zero-order valence-electron chi connectivity index (χ0n) is 13.1. The van der Waals surface area contributed by atoms with Gasteiger partial charge in [0.1, 0.15) is 6.67 Å². The Balaban J connectivity index is 3.10. The van der Waals surface area contributed by atoms with Gasteiger partial charge in [-0.2, -0.15) is 35.1 Å². The van der Waals surface area contributed by atoms with E-state index in [1.807, 2.05) is 0 Å². The van der Waals surface area contributed by atoms with Gasteiger partial charge in [-0.15, -0.1) is 0 Å². The van der Waals surface area contributed by atoms with Crippen molar-refractivity contribution in [3.8, 4) is 0 Å². The van der Waals surface area contributed by atoms with E-state index in [-0.39, 0.29) is 6.08 Å². The molecule has 0 spiro atoms. The summed E-state index contributed by atoms with van der Waals surface area (Å²) in [5.41, 5.74) is -18.8. The van der Waals surface area contributed by atoms with Crippen LogP contribution < -0.4 is 0 Å². The number of hydrogen-bond acceptors (Lipinski definition) is 4. The molecule has 0 aliphatic heterocycles. The van der Waals surface area contributed by atoms with E-state index in [4.69, 9.17) is 5.11 Å². The second-order valence-electron chi connectivity index (χ2n) is 6.33. The Labute approximate surface area is 147 Å². The molecule has 0 aromatic carbocycles. The lowest BCUT2D eigenvalue weighted by molar-refractivity contribution is -0.536. The maximum Gasteiger partial charge on any atom is 0.345 e. The van der Waals surface area contributed by atoms with Crippen molar-refractivity contribution in [3.63, 3.8) is 0 Å². The third-order valence-electron chi connectivity index (χ3n) is 4.96. The van der Waals surface area contributed by atoms with Crippen molar-refractivity contribution in [1.82, 2.24) is 0 Å². The van der Waals surface area contributed by atoms with Gasteiger partial charge in [0.05, 0.1) is 6.42 Å². The van der Waals surface area contributed by atoms with Gasteiger partial charge in [-0.3, -0.25) is 0 Å². The molecule has 2 aliphatic carbocycles. The van der Waals surface area contributed by atoms with Crippen molar-refractivity contribution >= 4 is 5.97 Å². The highest BCUT2D eigenvalue weighted by Gasteiger charge is 3.07. The number of halogens is 11. The van der Waals surface area contributed by atoms with Gasteiger partial charge in [0.15, 0.2) is 0 Å². The van der Waals surface area contributed by atoms with E-state index in [1.165, 1.54) is 0 Å². The highest BCUT2D eigenvalue weighted by atomic mass is 19.3. The van der Waals surface area contributed by atoms with E-state index < -0.39 is 65.5 Å². The number of aliphatic hydroxyl groups is 2. The summed E-state index contributed by atoms with van der Waals surface area (Å²) in [4.78, 5) is 11.2. The molecule has 28 heavy (non-hydrogen) atoms. The number of alkyl halides is 11. The van der Waals surface area contributed by atoms with Crippen LogP contribution >= 0.6 is 0 Å². The Morgan fingerprint density at radius 1 is 0.893 bits per heavy atom. The lowest BCUT2D eigenvalue weighted by Gasteiger charge is -2.65. The molecule has 2 bridgehead atoms. The molecule has 0 radical (unpaired) electrons. The van der Waals surface area contributed by atoms with Crippen LogP contribution in [0.2, 0.25) is 0 Å². The number of rotatable bonds is 3. The van der Waals surface area contributed by atoms with Crippen molar-refractivity contribution in [3.05, 3.63) is 12.7 Å². The second kappa shape index (κ2) is 5.29. The van der Waals surface area contributed by atoms with Gasteiger partial charge in [0.2, 0.25) is 0 Å². The first kappa shape index (κ1) is 22.6. The molecule has 162 valence electrons. The molecule has 0 heterocycles. The van der Waals surface area contributed by atoms with Crippen LogP contribution in [-0.2, 0) is 9.53 Å². The maximum atomic E-state index is 14.6. The highest BCUT2D eigenvalue weighted by molar-refractivity contribution is 5.82. The summed E-state index contributed by atoms with van der Waals surface area (Å²) in [5, 5.41) is 18.5. The highest BCUT2D eigenvalue weighted by Crippen LogP contribution is 2.75. The molecule has 4 atom stereocenters. The van der Waals surface area contributed by atoms with Crippen molar-refractivity contribution in [2.75, 3.05) is 6.67 Å². The monoisotopic (exact) mass is 438 g/mol. The third kappa shape index (κ3) is 1.78. The largest absolute Gasteiger partial charge is 0.442 e. The molecule has 0 aromatic heterocycles. The van der Waals surface area contributed by atoms with E-state index in [1.54, 1.807) is 0 Å². The predicted octanol–water partition coefficient (Wildman–Crippen LogP) is 2.48. The number of carbonyl (C=O) groups excluding carboxylic acids is 1. The smallest absolute Gasteiger partial charge is 0.345 e. The van der Waals surface area contributed by atoms with Crippen LogP contribution in [-0.4, -0.2) is 69.3 Å². The van der Waals surface area contributed by atoms with E-state index in [0.717, 1.165) is 0 Å². The van der Waals surface area contributed by atoms with E-state index >= 15 is 0 Å². The Hall–Kier alpha value is -1.64. The van der Waals surface area contributed by atoms with Crippen LogP contribution in [0.3, 0.4) is 0 Å². The Bertz CT molecular complexity index is 723. The van der Waals surface area contributed by atoms with Crippen molar-refractivity contribution in [2.24, 2.45) is 0 Å². The van der Waals surface area contributed by atoms with Gasteiger partial charge in [-0.1, -0.05) is 6.58 Å². The molecule has 0 aromatic rings. The SMILES string of the molecule is C=CC(=O)OC12CC(O)(F)C(F)(F)C(O)(C(F)(F)C(F)(CF)C1(F)F)C2(F)F. The van der Waals surface area contributed by atoms with Crippen LogP contribution in [0.15, 0.2) is 12.7 Å². The zero-order valence-corrected chi connectivity index (χ0v) is 13.1. The lowest BCUT2D eigenvalue weighted by Crippen LogP contribution is -2.97. The summed E-state index contributed by atoms with van der Waals surface area (Å²) >= 11 is 0. The minimum absolute atomic E-state index is 0.202. The standard InChI is InChI=1S/C13H9F11O4/c1-2-5(25)28-7-3-8(16,26)13(23,24)9(27,12(7,21)22)11(19,20)6(15,4-14)10(7,17)18/h2,26-27H,1,3-4H2. The molecule has 2 aliphatic rings. The first-order valence-electron chi connectivity index (χ1n) is 6.97. The first-order chi connectivity index (χ1) is 12.2. The normalized spacial score (nSPS) is 45.2. The first-order valence-corrected chi connectivity index (χ1v) is 6.97. The van der Waals surface area contributed by atoms with Crippen LogP contribution in [0, 0.1) is 0 Å². The minimum atomic E-state index is -7.12. The fraction of sp³-hybridized carbons (Fsp3) is 0.769. The minimum Gasteiger partial charge on any atom is -0.442 e. The van der Waals surface area contributed by atoms with Gasteiger partial charge in [0, 0.05) is 6.08 Å². The number of ether oxygens (including phenoxy) is 1. The lowest BCUT2D eigenvalue weighted by atomic mass is 9.52. The summed E-state index contributed by atoms with van der Waals surface area (Å²) in [5.74, 6) is -35.5. The maximum absolute atomic E-state index is 14.6. The van der Waals surface area contributed by atoms with Crippen LogP contribution in [0.1, 0.15) is 6.42 Å². The average molecular weight is 438 g/mol. The van der Waals surface area contributed by atoms with Gasteiger partial charge < -0.3 is 14.9 Å². The van der Waals surface area contributed by atoms with Crippen molar-refractivity contribution in [2.45, 2.75) is 52.8 Å². The van der Waals surface area contributed by atoms with E-state index in [9.17, 15) is 58.2 Å². The number of esters is 1. The summed E-state index contributed by atoms with van der Waals surface area (Å²) in [7, 11) is 0. The van der Waals surface area contributed by atoms with Gasteiger partial charge in [-0.25, -0.2) is 18.0 Å². The third-order valence-corrected chi connectivity index (χ3v) is 4.96. The molecule has 15 heteroatoms. The second-order valence-corrected chi connectivity index (χ2v) is 6.33. The molecular weight excluding hydrogens is 429 g/mol. The number of fused-ring (bicyclic) bond motifs is 2. The topological polar surface area (TPSA) is 66.8 Å². The molecule has 2 fully saturated rings. The fourth-order valence-electron chi connectivity index (χ4n) is 3.37. The average Bonchev–Trinajstić information content (AvgIpc) is 2.55. The van der Waals surface area contributed by atoms with Gasteiger partial charge >= 0.3 is 29.7 Å². The van der Waals surface area contributed by atoms with Crippen LogP contribution in [0.25, 0.3) is 0 Å². The molecule has 2 saturated carbocycles. The molecule has 0 saturated heterocycles. The summed E-state index contributed by atoms with van der Waals surface area (Å²) < 4.78 is 159. The molecule has 2 rings (SSSR count). The molecule has 2 N–H and O–H groups in total.